The van der Waals surface area contributed by atoms with E-state index in [0.717, 1.165) is 42.9 Å². The molecule has 1 saturated heterocycles. The predicted octanol–water partition coefficient (Wildman–Crippen LogP) is 4.32. The molecule has 4 nitrogen and oxygen atoms in total. The first-order chi connectivity index (χ1) is 13.0. The number of rotatable bonds is 6. The smallest absolute Gasteiger partial charge is 0.224 e. The van der Waals surface area contributed by atoms with Gasteiger partial charge in [0, 0.05) is 38.0 Å². The van der Waals surface area contributed by atoms with E-state index in [4.69, 9.17) is 4.74 Å². The lowest BCUT2D eigenvalue weighted by Crippen LogP contribution is -2.39. The maximum absolute atomic E-state index is 13.6. The third-order valence-corrected chi connectivity index (χ3v) is 5.10. The van der Waals surface area contributed by atoms with Crippen molar-refractivity contribution in [2.75, 3.05) is 30.4 Å². The van der Waals surface area contributed by atoms with Crippen molar-refractivity contribution in [3.63, 3.8) is 0 Å². The molecule has 1 aliphatic heterocycles. The Hall–Kier alpha value is -2.40. The monoisotopic (exact) mass is 370 g/mol. The molecule has 0 aliphatic carbocycles. The van der Waals surface area contributed by atoms with E-state index in [0.29, 0.717) is 18.4 Å². The molecule has 0 bridgehead atoms. The summed E-state index contributed by atoms with van der Waals surface area (Å²) in [6.45, 7) is 3.66. The summed E-state index contributed by atoms with van der Waals surface area (Å²) in [4.78, 5) is 14.5. The van der Waals surface area contributed by atoms with Gasteiger partial charge in [0.2, 0.25) is 5.91 Å². The molecule has 1 N–H and O–H groups in total. The number of hydrogen-bond donors (Lipinski definition) is 1. The quantitative estimate of drug-likeness (QED) is 0.823. The molecule has 1 fully saturated rings. The van der Waals surface area contributed by atoms with Crippen LogP contribution < -0.4 is 10.2 Å². The largest absolute Gasteiger partial charge is 0.380 e. The lowest BCUT2D eigenvalue weighted by molar-refractivity contribution is -0.116. The average Bonchev–Trinajstić information content (AvgIpc) is 2.69. The Morgan fingerprint density at radius 1 is 1.26 bits per heavy atom. The molecule has 0 spiro atoms. The zero-order valence-electron chi connectivity index (χ0n) is 16.0. The molecule has 1 amide bonds. The van der Waals surface area contributed by atoms with Crippen molar-refractivity contribution in [3.8, 4) is 0 Å². The fourth-order valence-corrected chi connectivity index (χ4v) is 3.39. The van der Waals surface area contributed by atoms with Crippen molar-refractivity contribution in [1.29, 1.82) is 0 Å². The predicted molar refractivity (Wildman–Crippen MR) is 107 cm³/mol. The summed E-state index contributed by atoms with van der Waals surface area (Å²) in [7, 11) is 1.76. The Morgan fingerprint density at radius 3 is 2.74 bits per heavy atom. The van der Waals surface area contributed by atoms with E-state index in [1.807, 2.05) is 30.3 Å². The number of piperidine rings is 1. The molecular formula is C22H27FN2O2. The maximum Gasteiger partial charge on any atom is 0.224 e. The van der Waals surface area contributed by atoms with Gasteiger partial charge < -0.3 is 15.0 Å². The Morgan fingerprint density at radius 2 is 2.04 bits per heavy atom. The first-order valence-electron chi connectivity index (χ1n) is 9.48. The third-order valence-electron chi connectivity index (χ3n) is 5.10. The summed E-state index contributed by atoms with van der Waals surface area (Å²) >= 11 is 0. The van der Waals surface area contributed by atoms with Crippen molar-refractivity contribution < 1.29 is 13.9 Å². The molecule has 1 unspecified atom stereocenters. The lowest BCUT2D eigenvalue weighted by Gasteiger charge is -2.33. The van der Waals surface area contributed by atoms with E-state index in [-0.39, 0.29) is 17.8 Å². The molecule has 1 atom stereocenters. The maximum atomic E-state index is 13.6. The van der Waals surface area contributed by atoms with Crippen LogP contribution >= 0.6 is 0 Å². The highest BCUT2D eigenvalue weighted by Gasteiger charge is 2.19. The topological polar surface area (TPSA) is 41.6 Å². The van der Waals surface area contributed by atoms with Crippen LogP contribution in [0.25, 0.3) is 0 Å². The van der Waals surface area contributed by atoms with Crippen LogP contribution in [0.1, 0.15) is 30.4 Å². The number of nitrogens with zero attached hydrogens (tertiary/aromatic N) is 1. The number of nitrogens with one attached hydrogen (secondary N) is 1. The van der Waals surface area contributed by atoms with Gasteiger partial charge in [0.1, 0.15) is 5.82 Å². The van der Waals surface area contributed by atoms with Gasteiger partial charge in [0.05, 0.1) is 6.10 Å². The molecule has 1 aliphatic rings. The lowest BCUT2D eigenvalue weighted by atomic mass is 10.1. The molecule has 5 heteroatoms. The number of aryl methyl sites for hydroxylation is 2. The summed E-state index contributed by atoms with van der Waals surface area (Å²) in [5.41, 5.74) is 3.37. The molecule has 144 valence electrons. The van der Waals surface area contributed by atoms with Gasteiger partial charge in [-0.15, -0.1) is 0 Å². The van der Waals surface area contributed by atoms with Crippen molar-refractivity contribution in [3.05, 3.63) is 59.4 Å². The third kappa shape index (κ3) is 5.30. The molecule has 0 radical (unpaired) electrons. The van der Waals surface area contributed by atoms with E-state index >= 15 is 0 Å². The molecule has 0 saturated carbocycles. The summed E-state index contributed by atoms with van der Waals surface area (Å²) in [5.74, 6) is -0.293. The summed E-state index contributed by atoms with van der Waals surface area (Å²) < 4.78 is 19.1. The van der Waals surface area contributed by atoms with Gasteiger partial charge in [0.15, 0.2) is 0 Å². The number of methoxy groups -OCH3 is 1. The Kier molecular flexibility index (Phi) is 6.45. The van der Waals surface area contributed by atoms with E-state index in [2.05, 4.69) is 10.2 Å². The van der Waals surface area contributed by atoms with Gasteiger partial charge in [-0.3, -0.25) is 4.79 Å². The molecule has 3 rings (SSSR count). The van der Waals surface area contributed by atoms with Gasteiger partial charge >= 0.3 is 0 Å². The summed E-state index contributed by atoms with van der Waals surface area (Å²) in [6.07, 6.45) is 3.35. The second-order valence-electron chi connectivity index (χ2n) is 7.12. The standard InChI is InChI=1S/C22H27FN2O2/c1-16-5-6-17(14-21(16)23)7-12-22(26)24-18-8-10-19(11-9-18)25-13-3-4-20(15-25)27-2/h5-6,8-11,14,20H,3-4,7,12-13,15H2,1-2H3,(H,24,26). The van der Waals surface area contributed by atoms with Crippen LogP contribution in [0.2, 0.25) is 0 Å². The molecule has 2 aromatic carbocycles. The highest BCUT2D eigenvalue weighted by Crippen LogP contribution is 2.23. The molecule has 2 aromatic rings. The first-order valence-corrected chi connectivity index (χ1v) is 9.48. The van der Waals surface area contributed by atoms with Crippen LogP contribution in [0, 0.1) is 12.7 Å². The number of amides is 1. The number of carbonyl (C=O) groups excluding carboxylic acids is 1. The van der Waals surface area contributed by atoms with Gasteiger partial charge in [-0.25, -0.2) is 4.39 Å². The molecule has 0 aromatic heterocycles. The van der Waals surface area contributed by atoms with Crippen molar-refractivity contribution in [1.82, 2.24) is 0 Å². The highest BCUT2D eigenvalue weighted by atomic mass is 19.1. The summed E-state index contributed by atoms with van der Waals surface area (Å²) in [5, 5.41) is 2.91. The Balaban J connectivity index is 1.51. The van der Waals surface area contributed by atoms with Gasteiger partial charge in [-0.1, -0.05) is 12.1 Å². The Bertz CT molecular complexity index is 776. The minimum absolute atomic E-state index is 0.0684. The van der Waals surface area contributed by atoms with Crippen LogP contribution in [-0.2, 0) is 16.0 Å². The highest BCUT2D eigenvalue weighted by molar-refractivity contribution is 5.91. The SMILES string of the molecule is COC1CCCN(c2ccc(NC(=O)CCc3ccc(C)c(F)c3)cc2)C1. The second-order valence-corrected chi connectivity index (χ2v) is 7.12. The minimum atomic E-state index is -0.225. The van der Waals surface area contributed by atoms with Gasteiger partial charge in [-0.2, -0.15) is 0 Å². The van der Waals surface area contributed by atoms with Gasteiger partial charge in [-0.05, 0) is 67.6 Å². The first kappa shape index (κ1) is 19.4. The van der Waals surface area contributed by atoms with E-state index < -0.39 is 0 Å². The number of ether oxygens (including phenoxy) is 1. The zero-order valence-corrected chi connectivity index (χ0v) is 16.0. The van der Waals surface area contributed by atoms with E-state index in [9.17, 15) is 9.18 Å². The van der Waals surface area contributed by atoms with Crippen molar-refractivity contribution in [2.24, 2.45) is 0 Å². The zero-order chi connectivity index (χ0) is 19.2. The van der Waals surface area contributed by atoms with E-state index in [1.54, 1.807) is 20.1 Å². The molecular weight excluding hydrogens is 343 g/mol. The fraction of sp³-hybridized carbons (Fsp3) is 0.409. The van der Waals surface area contributed by atoms with Crippen LogP contribution in [0.5, 0.6) is 0 Å². The average molecular weight is 370 g/mol. The van der Waals surface area contributed by atoms with Gasteiger partial charge in [0.25, 0.3) is 0 Å². The Labute approximate surface area is 160 Å². The van der Waals surface area contributed by atoms with E-state index in [1.165, 1.54) is 6.07 Å². The number of benzene rings is 2. The van der Waals surface area contributed by atoms with Crippen LogP contribution in [0.4, 0.5) is 15.8 Å². The molecule has 1 heterocycles. The second kappa shape index (κ2) is 9.00. The molecule has 27 heavy (non-hydrogen) atoms. The number of carbonyl (C=O) groups is 1. The number of hydrogen-bond acceptors (Lipinski definition) is 3. The van der Waals surface area contributed by atoms with Crippen molar-refractivity contribution in [2.45, 2.75) is 38.7 Å². The number of anilines is 2. The van der Waals surface area contributed by atoms with Crippen LogP contribution in [0.15, 0.2) is 42.5 Å². The fourth-order valence-electron chi connectivity index (χ4n) is 3.39. The van der Waals surface area contributed by atoms with Crippen LogP contribution in [-0.4, -0.2) is 32.2 Å². The minimum Gasteiger partial charge on any atom is -0.380 e. The normalized spacial score (nSPS) is 17.0. The number of halogens is 1. The van der Waals surface area contributed by atoms with Crippen molar-refractivity contribution >= 4 is 17.3 Å². The summed E-state index contributed by atoms with van der Waals surface area (Å²) in [6, 6.07) is 13.0. The van der Waals surface area contributed by atoms with Crippen LogP contribution in [0.3, 0.4) is 0 Å².